The summed E-state index contributed by atoms with van der Waals surface area (Å²) in [5.74, 6) is 0.392. The third-order valence-corrected chi connectivity index (χ3v) is 7.88. The SMILES string of the molecule is CC(=O)NC1CCN(C(=O)CC2(COc3cc(C)c(Cl)c(C)c3)CN(Cc3ccc(F)cc3)CCO2)CC1. The molecule has 0 bridgehead atoms. The summed E-state index contributed by atoms with van der Waals surface area (Å²) in [7, 11) is 0. The number of amides is 2. The molecule has 206 valence electrons. The molecule has 2 aromatic carbocycles. The monoisotopic (exact) mass is 545 g/mol. The van der Waals surface area contributed by atoms with Crippen molar-refractivity contribution in [2.75, 3.05) is 39.4 Å². The highest BCUT2D eigenvalue weighted by molar-refractivity contribution is 6.32. The molecule has 0 saturated carbocycles. The van der Waals surface area contributed by atoms with Gasteiger partial charge in [0.05, 0.1) is 13.0 Å². The predicted octanol–water partition coefficient (Wildman–Crippen LogP) is 4.26. The van der Waals surface area contributed by atoms with E-state index in [9.17, 15) is 14.0 Å². The van der Waals surface area contributed by atoms with Crippen LogP contribution in [0.25, 0.3) is 0 Å². The number of ether oxygens (including phenoxy) is 2. The van der Waals surface area contributed by atoms with Crippen molar-refractivity contribution >= 4 is 23.4 Å². The summed E-state index contributed by atoms with van der Waals surface area (Å²) >= 11 is 6.34. The van der Waals surface area contributed by atoms with Gasteiger partial charge >= 0.3 is 0 Å². The van der Waals surface area contributed by atoms with Crippen molar-refractivity contribution in [3.05, 3.63) is 63.9 Å². The number of halogens is 2. The van der Waals surface area contributed by atoms with Gasteiger partial charge in [0.15, 0.2) is 0 Å². The van der Waals surface area contributed by atoms with Gasteiger partial charge < -0.3 is 19.7 Å². The number of carbonyl (C=O) groups is 2. The lowest BCUT2D eigenvalue weighted by Crippen LogP contribution is -2.57. The van der Waals surface area contributed by atoms with Crippen LogP contribution in [0, 0.1) is 19.7 Å². The number of hydrogen-bond donors (Lipinski definition) is 1. The van der Waals surface area contributed by atoms with Crippen LogP contribution < -0.4 is 10.1 Å². The smallest absolute Gasteiger partial charge is 0.225 e. The number of nitrogens with one attached hydrogen (secondary N) is 1. The minimum atomic E-state index is -0.842. The fraction of sp³-hybridized carbons (Fsp3) is 0.517. The van der Waals surface area contributed by atoms with E-state index in [2.05, 4.69) is 10.2 Å². The number of likely N-dealkylation sites (tertiary alicyclic amines) is 1. The van der Waals surface area contributed by atoms with Crippen LogP contribution in [0.3, 0.4) is 0 Å². The zero-order valence-corrected chi connectivity index (χ0v) is 23.2. The zero-order valence-electron chi connectivity index (χ0n) is 22.4. The Morgan fingerprint density at radius 3 is 2.42 bits per heavy atom. The highest BCUT2D eigenvalue weighted by Gasteiger charge is 2.41. The summed E-state index contributed by atoms with van der Waals surface area (Å²) in [5, 5.41) is 3.67. The third kappa shape index (κ3) is 7.46. The summed E-state index contributed by atoms with van der Waals surface area (Å²) in [4.78, 5) is 29.0. The lowest BCUT2D eigenvalue weighted by Gasteiger charge is -2.43. The number of morpholine rings is 1. The van der Waals surface area contributed by atoms with E-state index >= 15 is 0 Å². The van der Waals surface area contributed by atoms with Gasteiger partial charge in [-0.3, -0.25) is 14.5 Å². The van der Waals surface area contributed by atoms with Crippen molar-refractivity contribution in [1.29, 1.82) is 0 Å². The second-order valence-electron chi connectivity index (χ2n) is 10.6. The molecule has 0 aliphatic carbocycles. The van der Waals surface area contributed by atoms with E-state index < -0.39 is 5.60 Å². The first-order valence-corrected chi connectivity index (χ1v) is 13.6. The standard InChI is InChI=1S/C29H37ClFN3O4/c1-20-14-26(15-21(2)28(20)30)37-19-29(16-27(36)34-10-8-25(9-11-34)32-22(3)35)18-33(12-13-38-29)17-23-4-6-24(31)7-5-23/h4-7,14-15,25H,8-13,16-19H2,1-3H3,(H,32,35). The van der Waals surface area contributed by atoms with Gasteiger partial charge in [0.25, 0.3) is 0 Å². The van der Waals surface area contributed by atoms with Gasteiger partial charge in [-0.15, -0.1) is 0 Å². The quantitative estimate of drug-likeness (QED) is 0.536. The topological polar surface area (TPSA) is 71.1 Å². The van der Waals surface area contributed by atoms with E-state index in [0.29, 0.717) is 50.1 Å². The molecular formula is C29H37ClFN3O4. The number of aryl methyl sites for hydroxylation is 2. The molecule has 2 amide bonds. The van der Waals surface area contributed by atoms with E-state index in [1.165, 1.54) is 19.1 Å². The van der Waals surface area contributed by atoms with Crippen LogP contribution in [0.5, 0.6) is 5.75 Å². The molecule has 0 radical (unpaired) electrons. The van der Waals surface area contributed by atoms with Gasteiger partial charge in [0.2, 0.25) is 11.8 Å². The predicted molar refractivity (Wildman–Crippen MR) is 145 cm³/mol. The Labute approximate surface area is 229 Å². The van der Waals surface area contributed by atoms with Crippen LogP contribution >= 0.6 is 11.6 Å². The fourth-order valence-corrected chi connectivity index (χ4v) is 5.41. The number of hydrogen-bond acceptors (Lipinski definition) is 5. The van der Waals surface area contributed by atoms with Gasteiger partial charge in [0.1, 0.15) is 23.8 Å². The largest absolute Gasteiger partial charge is 0.490 e. The van der Waals surface area contributed by atoms with Crippen LogP contribution in [-0.4, -0.2) is 72.6 Å². The normalized spacial score (nSPS) is 20.8. The zero-order chi connectivity index (χ0) is 27.3. The first kappa shape index (κ1) is 28.3. The molecule has 2 aliphatic rings. The van der Waals surface area contributed by atoms with Crippen LogP contribution in [0.4, 0.5) is 4.39 Å². The highest BCUT2D eigenvalue weighted by Crippen LogP contribution is 2.30. The van der Waals surface area contributed by atoms with Crippen LogP contribution in [0.15, 0.2) is 36.4 Å². The number of benzene rings is 2. The Morgan fingerprint density at radius 2 is 1.79 bits per heavy atom. The summed E-state index contributed by atoms with van der Waals surface area (Å²) in [5.41, 5.74) is 2.01. The van der Waals surface area contributed by atoms with E-state index in [1.807, 2.05) is 30.9 Å². The average Bonchev–Trinajstić information content (AvgIpc) is 2.87. The average molecular weight is 546 g/mol. The Morgan fingerprint density at radius 1 is 1.13 bits per heavy atom. The van der Waals surface area contributed by atoms with Crippen LogP contribution in [-0.2, 0) is 20.9 Å². The van der Waals surface area contributed by atoms with Crippen molar-refractivity contribution in [3.8, 4) is 5.75 Å². The summed E-state index contributed by atoms with van der Waals surface area (Å²) in [6.45, 7) is 9.08. The molecule has 2 heterocycles. The van der Waals surface area contributed by atoms with E-state index in [1.54, 1.807) is 12.1 Å². The van der Waals surface area contributed by atoms with Gasteiger partial charge in [0, 0.05) is 50.7 Å². The number of carbonyl (C=O) groups excluding carboxylic acids is 2. The van der Waals surface area contributed by atoms with Crippen LogP contribution in [0.1, 0.15) is 42.9 Å². The van der Waals surface area contributed by atoms with Crippen molar-refractivity contribution in [3.63, 3.8) is 0 Å². The van der Waals surface area contributed by atoms with E-state index in [4.69, 9.17) is 21.1 Å². The molecule has 7 nitrogen and oxygen atoms in total. The Balaban J connectivity index is 1.48. The number of rotatable bonds is 8. The van der Waals surface area contributed by atoms with Gasteiger partial charge in [-0.05, 0) is 67.6 Å². The maximum Gasteiger partial charge on any atom is 0.225 e. The first-order chi connectivity index (χ1) is 18.1. The molecule has 0 aromatic heterocycles. The number of piperidine rings is 1. The molecular weight excluding hydrogens is 509 g/mol. The highest BCUT2D eigenvalue weighted by atomic mass is 35.5. The molecule has 4 rings (SSSR count). The second kappa shape index (κ2) is 12.5. The minimum absolute atomic E-state index is 0.0157. The van der Waals surface area contributed by atoms with Crippen molar-refractivity contribution in [2.24, 2.45) is 0 Å². The summed E-state index contributed by atoms with van der Waals surface area (Å²) in [6, 6.07) is 10.4. The Hall–Kier alpha value is -2.68. The maximum absolute atomic E-state index is 13.5. The van der Waals surface area contributed by atoms with Crippen molar-refractivity contribution in [2.45, 2.75) is 58.2 Å². The summed E-state index contributed by atoms with van der Waals surface area (Å²) < 4.78 is 26.0. The molecule has 0 spiro atoms. The van der Waals surface area contributed by atoms with Crippen molar-refractivity contribution in [1.82, 2.24) is 15.1 Å². The molecule has 2 aliphatic heterocycles. The van der Waals surface area contributed by atoms with Crippen LogP contribution in [0.2, 0.25) is 5.02 Å². The third-order valence-electron chi connectivity index (χ3n) is 7.29. The molecule has 1 unspecified atom stereocenters. The lowest BCUT2D eigenvalue weighted by atomic mass is 9.95. The lowest BCUT2D eigenvalue weighted by molar-refractivity contribution is -0.157. The van der Waals surface area contributed by atoms with Crippen molar-refractivity contribution < 1.29 is 23.5 Å². The molecule has 38 heavy (non-hydrogen) atoms. The Bertz CT molecular complexity index is 1110. The fourth-order valence-electron chi connectivity index (χ4n) is 5.30. The number of nitrogens with zero attached hydrogens (tertiary/aromatic N) is 2. The maximum atomic E-state index is 13.5. The molecule has 2 aromatic rings. The molecule has 9 heteroatoms. The Kier molecular flexibility index (Phi) is 9.28. The summed E-state index contributed by atoms with van der Waals surface area (Å²) in [6.07, 6.45) is 1.65. The molecule has 2 fully saturated rings. The van der Waals surface area contributed by atoms with Gasteiger partial charge in [-0.1, -0.05) is 23.7 Å². The second-order valence-corrected chi connectivity index (χ2v) is 10.9. The van der Waals surface area contributed by atoms with Gasteiger partial charge in [-0.25, -0.2) is 4.39 Å². The van der Waals surface area contributed by atoms with Gasteiger partial charge in [-0.2, -0.15) is 0 Å². The first-order valence-electron chi connectivity index (χ1n) is 13.2. The van der Waals surface area contributed by atoms with E-state index in [0.717, 1.165) is 29.5 Å². The molecule has 2 saturated heterocycles. The molecule has 1 atom stereocenters. The minimum Gasteiger partial charge on any atom is -0.490 e. The molecule has 1 N–H and O–H groups in total. The van der Waals surface area contributed by atoms with E-state index in [-0.39, 0.29) is 36.7 Å².